The van der Waals surface area contributed by atoms with Crippen LogP contribution in [0.15, 0.2) is 0 Å². The van der Waals surface area contributed by atoms with E-state index < -0.39 is 0 Å². The molecule has 0 spiro atoms. The molecule has 4 heteroatoms. The van der Waals surface area contributed by atoms with Gasteiger partial charge in [0, 0.05) is 0 Å². The van der Waals surface area contributed by atoms with Crippen molar-refractivity contribution in [2.24, 2.45) is 0 Å². The Kier molecular flexibility index (Phi) is 7.94. The molecule has 0 aliphatic rings. The third-order valence-corrected chi connectivity index (χ3v) is 2.26. The molecule has 0 saturated heterocycles. The van der Waals surface area contributed by atoms with Crippen molar-refractivity contribution >= 4 is 22.4 Å². The van der Waals surface area contributed by atoms with E-state index in [4.69, 9.17) is 4.58 Å². The van der Waals surface area contributed by atoms with Crippen molar-refractivity contribution in [3.8, 4) is 0 Å². The molecular formula is C4H12O2SSi. The normalized spacial score (nSPS) is 11.2. The summed E-state index contributed by atoms with van der Waals surface area (Å²) in [5, 5.41) is 0. The highest BCUT2D eigenvalue weighted by molar-refractivity contribution is 7.80. The molecule has 0 amide bonds. The summed E-state index contributed by atoms with van der Waals surface area (Å²) in [5.74, 6) is 0.958. The number of thiol groups is 1. The molecule has 8 heavy (non-hydrogen) atoms. The van der Waals surface area contributed by atoms with Crippen LogP contribution in [0, 0.1) is 0 Å². The Morgan fingerprint density at radius 3 is 2.88 bits per heavy atom. The Hall–Kier alpha value is 0.487. The van der Waals surface area contributed by atoms with E-state index in [1.165, 1.54) is 0 Å². The maximum absolute atomic E-state index is 4.74. The smallest absolute Gasteiger partial charge is 0.208 e. The SMILES string of the molecule is COO[SiH2]CCCS. The second-order valence-corrected chi connectivity index (χ2v) is 3.22. The van der Waals surface area contributed by atoms with E-state index in [2.05, 4.69) is 17.5 Å². The highest BCUT2D eigenvalue weighted by Crippen LogP contribution is 1.90. The van der Waals surface area contributed by atoms with Gasteiger partial charge < -0.3 is 0 Å². The molecule has 0 saturated carbocycles. The van der Waals surface area contributed by atoms with Crippen LogP contribution in [0.25, 0.3) is 0 Å². The fourth-order valence-corrected chi connectivity index (χ4v) is 1.74. The topological polar surface area (TPSA) is 18.5 Å². The van der Waals surface area contributed by atoms with Gasteiger partial charge in [0.15, 0.2) is 0 Å². The Morgan fingerprint density at radius 1 is 1.62 bits per heavy atom. The number of rotatable bonds is 5. The first-order chi connectivity index (χ1) is 3.91. The van der Waals surface area contributed by atoms with Gasteiger partial charge in [0.2, 0.25) is 9.76 Å². The first-order valence-electron chi connectivity index (χ1n) is 2.68. The minimum absolute atomic E-state index is 0.371. The third-order valence-electron chi connectivity index (χ3n) is 0.754. The Labute approximate surface area is 57.8 Å². The van der Waals surface area contributed by atoms with Gasteiger partial charge in [0.05, 0.1) is 7.11 Å². The third kappa shape index (κ3) is 6.49. The fourth-order valence-electron chi connectivity index (χ4n) is 0.356. The number of hydrogen-bond acceptors (Lipinski definition) is 3. The lowest BCUT2D eigenvalue weighted by Crippen LogP contribution is -1.96. The summed E-state index contributed by atoms with van der Waals surface area (Å²) in [6.07, 6.45) is 1.15. The van der Waals surface area contributed by atoms with E-state index in [0.717, 1.165) is 18.2 Å². The molecule has 0 fully saturated rings. The van der Waals surface area contributed by atoms with E-state index in [0.29, 0.717) is 0 Å². The van der Waals surface area contributed by atoms with Gasteiger partial charge in [0.1, 0.15) is 0 Å². The molecule has 0 unspecified atom stereocenters. The molecule has 0 aromatic carbocycles. The number of hydrogen-bond donors (Lipinski definition) is 1. The molecule has 0 bridgehead atoms. The molecule has 0 N–H and O–H groups in total. The molecule has 0 rings (SSSR count). The van der Waals surface area contributed by atoms with Gasteiger partial charge in [-0.05, 0) is 18.2 Å². The molecule has 0 atom stereocenters. The van der Waals surface area contributed by atoms with Crippen molar-refractivity contribution in [2.75, 3.05) is 12.9 Å². The van der Waals surface area contributed by atoms with E-state index in [1.54, 1.807) is 7.11 Å². The van der Waals surface area contributed by atoms with Crippen molar-refractivity contribution < 1.29 is 9.46 Å². The molecule has 0 aromatic heterocycles. The average molecular weight is 152 g/mol. The summed E-state index contributed by atoms with van der Waals surface area (Å²) < 4.78 is 4.74. The standard InChI is InChI=1S/C4H12O2SSi/c1-5-6-8-4-2-3-7/h7H,2-4,8H2,1H3. The van der Waals surface area contributed by atoms with Crippen molar-refractivity contribution in [3.05, 3.63) is 0 Å². The monoisotopic (exact) mass is 152 g/mol. The lowest BCUT2D eigenvalue weighted by molar-refractivity contribution is -0.179. The van der Waals surface area contributed by atoms with E-state index in [-0.39, 0.29) is 9.76 Å². The van der Waals surface area contributed by atoms with Crippen LogP contribution in [0.3, 0.4) is 0 Å². The van der Waals surface area contributed by atoms with Crippen LogP contribution >= 0.6 is 12.6 Å². The maximum Gasteiger partial charge on any atom is 0.208 e. The summed E-state index contributed by atoms with van der Waals surface area (Å²) in [5.41, 5.74) is 0. The predicted molar refractivity (Wildman–Crippen MR) is 39.9 cm³/mol. The average Bonchev–Trinajstić information content (AvgIpc) is 1.81. The first-order valence-corrected chi connectivity index (χ1v) is 4.89. The summed E-state index contributed by atoms with van der Waals surface area (Å²) in [6.45, 7) is 0. The van der Waals surface area contributed by atoms with Gasteiger partial charge in [-0.2, -0.15) is 12.6 Å². The zero-order valence-electron chi connectivity index (χ0n) is 5.09. The Bertz CT molecular complexity index is 39.0. The van der Waals surface area contributed by atoms with Gasteiger partial charge in [-0.3, -0.25) is 9.46 Å². The zero-order chi connectivity index (χ0) is 6.24. The maximum atomic E-state index is 4.74. The quantitative estimate of drug-likeness (QED) is 0.202. The van der Waals surface area contributed by atoms with Crippen LogP contribution in [0.4, 0.5) is 0 Å². The molecule has 0 aromatic rings. The Morgan fingerprint density at radius 2 is 2.38 bits per heavy atom. The molecule has 0 aliphatic carbocycles. The van der Waals surface area contributed by atoms with Crippen LogP contribution < -0.4 is 0 Å². The van der Waals surface area contributed by atoms with E-state index >= 15 is 0 Å². The van der Waals surface area contributed by atoms with E-state index in [9.17, 15) is 0 Å². The first kappa shape index (κ1) is 8.49. The largest absolute Gasteiger partial charge is 0.295 e. The van der Waals surface area contributed by atoms with Gasteiger partial charge in [-0.1, -0.05) is 0 Å². The van der Waals surface area contributed by atoms with Crippen molar-refractivity contribution in [3.63, 3.8) is 0 Å². The lowest BCUT2D eigenvalue weighted by atomic mass is 10.6. The highest BCUT2D eigenvalue weighted by Gasteiger charge is 1.85. The molecular weight excluding hydrogens is 140 g/mol. The second kappa shape index (κ2) is 7.49. The van der Waals surface area contributed by atoms with Crippen LogP contribution in [0.5, 0.6) is 0 Å². The second-order valence-electron chi connectivity index (χ2n) is 1.42. The van der Waals surface area contributed by atoms with Crippen LogP contribution in [-0.2, 0) is 9.46 Å². The van der Waals surface area contributed by atoms with Crippen LogP contribution in [0.1, 0.15) is 6.42 Å². The zero-order valence-corrected chi connectivity index (χ0v) is 7.40. The predicted octanol–water partition coefficient (Wildman–Crippen LogP) is 0.386. The Balaban J connectivity index is 2.53. The van der Waals surface area contributed by atoms with E-state index in [1.807, 2.05) is 0 Å². The summed E-state index contributed by atoms with van der Waals surface area (Å²) in [4.78, 5) is 4.43. The highest BCUT2D eigenvalue weighted by atomic mass is 32.1. The molecule has 50 valence electrons. The summed E-state index contributed by atoms with van der Waals surface area (Å²) >= 11 is 4.05. The van der Waals surface area contributed by atoms with Gasteiger partial charge in [-0.25, -0.2) is 0 Å². The summed E-state index contributed by atoms with van der Waals surface area (Å²) in [7, 11) is 1.18. The van der Waals surface area contributed by atoms with Gasteiger partial charge in [0.25, 0.3) is 0 Å². The van der Waals surface area contributed by atoms with Crippen molar-refractivity contribution in [1.29, 1.82) is 0 Å². The van der Waals surface area contributed by atoms with Gasteiger partial charge in [-0.15, -0.1) is 0 Å². The minimum Gasteiger partial charge on any atom is -0.295 e. The molecule has 0 radical (unpaired) electrons. The van der Waals surface area contributed by atoms with Crippen molar-refractivity contribution in [2.45, 2.75) is 12.5 Å². The van der Waals surface area contributed by atoms with Crippen LogP contribution in [0.2, 0.25) is 6.04 Å². The molecule has 0 heterocycles. The lowest BCUT2D eigenvalue weighted by Gasteiger charge is -1.95. The molecule has 0 aliphatic heterocycles. The summed E-state index contributed by atoms with van der Waals surface area (Å²) in [6, 6.07) is 1.16. The van der Waals surface area contributed by atoms with Crippen LogP contribution in [-0.4, -0.2) is 22.6 Å². The molecule has 2 nitrogen and oxygen atoms in total. The fraction of sp³-hybridized carbons (Fsp3) is 1.00. The van der Waals surface area contributed by atoms with Gasteiger partial charge >= 0.3 is 0 Å². The van der Waals surface area contributed by atoms with Crippen molar-refractivity contribution in [1.82, 2.24) is 0 Å². The minimum atomic E-state index is -0.371.